The molecule has 20 heavy (non-hydrogen) atoms. The summed E-state index contributed by atoms with van der Waals surface area (Å²) in [5.74, 6) is -2.17. The van der Waals surface area contributed by atoms with Gasteiger partial charge in [-0.3, -0.25) is 4.79 Å². The number of carboxylic acid groups (broad SMARTS) is 1. The van der Waals surface area contributed by atoms with Crippen molar-refractivity contribution in [1.82, 2.24) is 10.3 Å². The molecule has 0 fully saturated rings. The summed E-state index contributed by atoms with van der Waals surface area (Å²) in [6, 6.07) is 0.884. The van der Waals surface area contributed by atoms with Crippen molar-refractivity contribution in [3.05, 3.63) is 23.6 Å². The molecule has 1 rings (SSSR count). The number of nitrogens with one attached hydrogen (secondary N) is 1. The molecule has 6 nitrogen and oxygen atoms in total. The Kier molecular flexibility index (Phi) is 5.42. The number of nitrogens with zero attached hydrogens (tertiary/aromatic N) is 2. The molecule has 0 saturated heterocycles. The van der Waals surface area contributed by atoms with Crippen LogP contribution < -0.4 is 10.2 Å². The Hall–Kier alpha value is -2.18. The van der Waals surface area contributed by atoms with Gasteiger partial charge < -0.3 is 15.3 Å². The first-order chi connectivity index (χ1) is 9.35. The fourth-order valence-electron chi connectivity index (χ4n) is 1.72. The zero-order chi connectivity index (χ0) is 15.3. The minimum Gasteiger partial charge on any atom is -0.478 e. The van der Waals surface area contributed by atoms with E-state index in [4.69, 9.17) is 5.11 Å². The van der Waals surface area contributed by atoms with Gasteiger partial charge in [0.05, 0.1) is 12.7 Å². The van der Waals surface area contributed by atoms with Crippen molar-refractivity contribution in [3.8, 4) is 0 Å². The summed E-state index contributed by atoms with van der Waals surface area (Å²) < 4.78 is 13.1. The van der Waals surface area contributed by atoms with Gasteiger partial charge in [-0.1, -0.05) is 0 Å². The highest BCUT2D eigenvalue weighted by Gasteiger charge is 2.20. The lowest BCUT2D eigenvalue weighted by Crippen LogP contribution is -2.41. The lowest BCUT2D eigenvalue weighted by atomic mass is 10.2. The zero-order valence-corrected chi connectivity index (χ0v) is 11.7. The summed E-state index contributed by atoms with van der Waals surface area (Å²) >= 11 is 0. The van der Waals surface area contributed by atoms with Crippen molar-refractivity contribution in [2.75, 3.05) is 18.0 Å². The first kappa shape index (κ1) is 15.9. The molecule has 0 aromatic carbocycles. The van der Waals surface area contributed by atoms with Gasteiger partial charge in [-0.2, -0.15) is 0 Å². The quantitative estimate of drug-likeness (QED) is 0.821. The van der Waals surface area contributed by atoms with Gasteiger partial charge in [0.1, 0.15) is 17.2 Å². The second-order valence-corrected chi connectivity index (χ2v) is 4.57. The van der Waals surface area contributed by atoms with Gasteiger partial charge in [0.2, 0.25) is 5.91 Å². The molecule has 110 valence electrons. The molecule has 0 saturated carbocycles. The van der Waals surface area contributed by atoms with E-state index in [2.05, 4.69) is 10.3 Å². The van der Waals surface area contributed by atoms with Gasteiger partial charge in [0.25, 0.3) is 0 Å². The number of pyridine rings is 1. The topological polar surface area (TPSA) is 82.5 Å². The van der Waals surface area contributed by atoms with Gasteiger partial charge in [0, 0.05) is 12.6 Å². The first-order valence-corrected chi connectivity index (χ1v) is 6.28. The lowest BCUT2D eigenvalue weighted by Gasteiger charge is -2.23. The van der Waals surface area contributed by atoms with Crippen LogP contribution in [-0.4, -0.2) is 41.1 Å². The number of carbonyl (C=O) groups excluding carboxylic acids is 1. The monoisotopic (exact) mass is 283 g/mol. The van der Waals surface area contributed by atoms with Crippen LogP contribution in [0.1, 0.15) is 31.1 Å². The molecule has 0 aliphatic carbocycles. The Morgan fingerprint density at radius 3 is 2.65 bits per heavy atom. The molecule has 0 spiro atoms. The van der Waals surface area contributed by atoms with Crippen LogP contribution >= 0.6 is 0 Å². The van der Waals surface area contributed by atoms with Crippen molar-refractivity contribution in [1.29, 1.82) is 0 Å². The average Bonchev–Trinajstić information content (AvgIpc) is 2.35. The Morgan fingerprint density at radius 1 is 1.50 bits per heavy atom. The summed E-state index contributed by atoms with van der Waals surface area (Å²) in [6.07, 6.45) is 0.935. The number of hydrogen-bond donors (Lipinski definition) is 2. The molecule has 1 aromatic rings. The Morgan fingerprint density at radius 2 is 2.15 bits per heavy atom. The molecule has 1 aromatic heterocycles. The van der Waals surface area contributed by atoms with Gasteiger partial charge in [-0.25, -0.2) is 14.2 Å². The van der Waals surface area contributed by atoms with Gasteiger partial charge in [-0.15, -0.1) is 0 Å². The maximum absolute atomic E-state index is 13.1. The maximum Gasteiger partial charge on any atom is 0.339 e. The third-order valence-electron chi connectivity index (χ3n) is 2.53. The number of likely N-dealkylation sites (N-methyl/N-ethyl adjacent to an activating group) is 1. The zero-order valence-electron chi connectivity index (χ0n) is 11.7. The molecule has 0 unspecified atom stereocenters. The minimum absolute atomic E-state index is 0.0127. The third kappa shape index (κ3) is 4.18. The number of aromatic carboxylic acids is 1. The van der Waals surface area contributed by atoms with Crippen molar-refractivity contribution in [2.45, 2.75) is 26.8 Å². The maximum atomic E-state index is 13.1. The number of halogens is 1. The van der Waals surface area contributed by atoms with Gasteiger partial charge >= 0.3 is 5.97 Å². The molecule has 2 N–H and O–H groups in total. The number of rotatable bonds is 6. The molecule has 0 radical (unpaired) electrons. The summed E-state index contributed by atoms with van der Waals surface area (Å²) in [6.45, 7) is 5.76. The van der Waals surface area contributed by atoms with Gasteiger partial charge in [-0.05, 0) is 26.8 Å². The Balaban J connectivity index is 3.00. The highest BCUT2D eigenvalue weighted by molar-refractivity contribution is 5.94. The third-order valence-corrected chi connectivity index (χ3v) is 2.53. The van der Waals surface area contributed by atoms with E-state index in [0.29, 0.717) is 6.54 Å². The van der Waals surface area contributed by atoms with E-state index in [1.54, 1.807) is 6.92 Å². The molecular formula is C13H18FN3O3. The molecular weight excluding hydrogens is 265 g/mol. The lowest BCUT2D eigenvalue weighted by molar-refractivity contribution is -0.120. The van der Waals surface area contributed by atoms with Crippen LogP contribution in [0.25, 0.3) is 0 Å². The second-order valence-electron chi connectivity index (χ2n) is 4.57. The van der Waals surface area contributed by atoms with E-state index in [-0.39, 0.29) is 29.9 Å². The van der Waals surface area contributed by atoms with Crippen LogP contribution in [0, 0.1) is 5.82 Å². The Bertz CT molecular complexity index is 506. The van der Waals surface area contributed by atoms with Crippen molar-refractivity contribution >= 4 is 17.7 Å². The predicted octanol–water partition coefficient (Wildman–Crippen LogP) is 1.27. The van der Waals surface area contributed by atoms with E-state index in [1.165, 1.54) is 4.90 Å². The number of carboxylic acids is 1. The van der Waals surface area contributed by atoms with Crippen LogP contribution in [0.3, 0.4) is 0 Å². The highest BCUT2D eigenvalue weighted by Crippen LogP contribution is 2.18. The SMILES string of the molecule is CCN(CC(=O)NC(C)C)c1ncc(F)cc1C(=O)O. The van der Waals surface area contributed by atoms with E-state index in [1.807, 2.05) is 13.8 Å². The fourth-order valence-corrected chi connectivity index (χ4v) is 1.72. The van der Waals surface area contributed by atoms with Crippen LogP contribution in [0.5, 0.6) is 0 Å². The Labute approximate surface area is 116 Å². The summed E-state index contributed by atoms with van der Waals surface area (Å²) in [5, 5.41) is 11.8. The van der Waals surface area contributed by atoms with E-state index < -0.39 is 11.8 Å². The largest absolute Gasteiger partial charge is 0.478 e. The molecule has 0 atom stereocenters. The average molecular weight is 283 g/mol. The standard InChI is InChI=1S/C13H18FN3O3/c1-4-17(7-11(18)16-8(2)3)12-10(13(19)20)5-9(14)6-15-12/h5-6,8H,4,7H2,1-3H3,(H,16,18)(H,19,20). The summed E-state index contributed by atoms with van der Waals surface area (Å²) in [5.41, 5.74) is -0.260. The normalized spacial score (nSPS) is 10.4. The van der Waals surface area contributed by atoms with E-state index in [9.17, 15) is 14.0 Å². The van der Waals surface area contributed by atoms with Crippen LogP contribution in [0.15, 0.2) is 12.3 Å². The molecule has 1 amide bonds. The first-order valence-electron chi connectivity index (χ1n) is 6.28. The number of anilines is 1. The number of hydrogen-bond acceptors (Lipinski definition) is 4. The highest BCUT2D eigenvalue weighted by atomic mass is 19.1. The number of amides is 1. The van der Waals surface area contributed by atoms with E-state index in [0.717, 1.165) is 12.3 Å². The predicted molar refractivity (Wildman–Crippen MR) is 72.3 cm³/mol. The summed E-state index contributed by atoms with van der Waals surface area (Å²) in [7, 11) is 0. The van der Waals surface area contributed by atoms with Crippen LogP contribution in [0.2, 0.25) is 0 Å². The second kappa shape index (κ2) is 6.83. The molecule has 7 heteroatoms. The van der Waals surface area contributed by atoms with Crippen LogP contribution in [0.4, 0.5) is 10.2 Å². The molecule has 0 aliphatic rings. The minimum atomic E-state index is -1.28. The van der Waals surface area contributed by atoms with Crippen molar-refractivity contribution in [3.63, 3.8) is 0 Å². The molecule has 0 bridgehead atoms. The van der Waals surface area contributed by atoms with Gasteiger partial charge in [0.15, 0.2) is 0 Å². The summed E-state index contributed by atoms with van der Waals surface area (Å²) in [4.78, 5) is 28.1. The molecule has 0 aliphatic heterocycles. The van der Waals surface area contributed by atoms with E-state index >= 15 is 0 Å². The van der Waals surface area contributed by atoms with Crippen molar-refractivity contribution < 1.29 is 19.1 Å². The number of aromatic nitrogens is 1. The fraction of sp³-hybridized carbons (Fsp3) is 0.462. The van der Waals surface area contributed by atoms with Crippen LogP contribution in [-0.2, 0) is 4.79 Å². The molecule has 1 heterocycles. The van der Waals surface area contributed by atoms with Crippen molar-refractivity contribution in [2.24, 2.45) is 0 Å². The number of carbonyl (C=O) groups is 2. The smallest absolute Gasteiger partial charge is 0.339 e.